The van der Waals surface area contributed by atoms with Crippen molar-refractivity contribution in [1.82, 2.24) is 19.9 Å². The SMILES string of the molecule is C#C[C@H](Cc1cccc(F)c1)n1nnc2cc3c(cc2c1=O)OCN(C1CC1)C3=O. The van der Waals surface area contributed by atoms with Crippen LogP contribution in [-0.2, 0) is 6.42 Å². The van der Waals surface area contributed by atoms with Gasteiger partial charge in [-0.15, -0.1) is 11.5 Å². The predicted molar refractivity (Wildman–Crippen MR) is 106 cm³/mol. The highest BCUT2D eigenvalue weighted by Crippen LogP contribution is 2.34. The molecule has 8 heteroatoms. The lowest BCUT2D eigenvalue weighted by Gasteiger charge is -2.28. The van der Waals surface area contributed by atoms with Crippen LogP contribution in [0.15, 0.2) is 41.2 Å². The summed E-state index contributed by atoms with van der Waals surface area (Å²) < 4.78 is 20.3. The zero-order valence-corrected chi connectivity index (χ0v) is 15.9. The van der Waals surface area contributed by atoms with Gasteiger partial charge in [-0.1, -0.05) is 23.3 Å². The van der Waals surface area contributed by atoms with Crippen LogP contribution in [0.1, 0.15) is 34.8 Å². The Balaban J connectivity index is 1.53. The highest BCUT2D eigenvalue weighted by molar-refractivity contribution is 6.01. The Morgan fingerprint density at radius 1 is 1.27 bits per heavy atom. The van der Waals surface area contributed by atoms with E-state index >= 15 is 0 Å². The summed E-state index contributed by atoms with van der Waals surface area (Å²) in [5, 5.41) is 8.36. The molecule has 1 aliphatic heterocycles. The Morgan fingerprint density at radius 2 is 2.10 bits per heavy atom. The Labute approximate surface area is 171 Å². The highest BCUT2D eigenvalue weighted by atomic mass is 19.1. The van der Waals surface area contributed by atoms with Gasteiger partial charge < -0.3 is 9.64 Å². The van der Waals surface area contributed by atoms with Crippen molar-refractivity contribution in [3.63, 3.8) is 0 Å². The minimum absolute atomic E-state index is 0.126. The summed E-state index contributed by atoms with van der Waals surface area (Å²) in [6, 6.07) is 8.57. The number of fused-ring (bicyclic) bond motifs is 2. The molecule has 1 aromatic heterocycles. The largest absolute Gasteiger partial charge is 0.472 e. The first-order chi connectivity index (χ1) is 14.5. The predicted octanol–water partition coefficient (Wildman–Crippen LogP) is 2.30. The van der Waals surface area contributed by atoms with E-state index in [0.29, 0.717) is 22.4 Å². The van der Waals surface area contributed by atoms with Crippen molar-refractivity contribution in [2.75, 3.05) is 6.73 Å². The first-order valence-corrected chi connectivity index (χ1v) is 9.63. The van der Waals surface area contributed by atoms with Crippen molar-refractivity contribution in [2.45, 2.75) is 31.3 Å². The van der Waals surface area contributed by atoms with E-state index in [-0.39, 0.29) is 36.3 Å². The first-order valence-electron chi connectivity index (χ1n) is 9.63. The molecule has 3 aromatic rings. The van der Waals surface area contributed by atoms with Gasteiger partial charge in [0.2, 0.25) is 0 Å². The molecule has 2 heterocycles. The van der Waals surface area contributed by atoms with E-state index in [1.54, 1.807) is 17.0 Å². The zero-order valence-electron chi connectivity index (χ0n) is 15.9. The van der Waals surface area contributed by atoms with Gasteiger partial charge in [0, 0.05) is 12.5 Å². The lowest BCUT2D eigenvalue weighted by Crippen LogP contribution is -2.40. The molecule has 2 aliphatic rings. The van der Waals surface area contributed by atoms with Crippen LogP contribution in [0.25, 0.3) is 10.9 Å². The average Bonchev–Trinajstić information content (AvgIpc) is 3.58. The van der Waals surface area contributed by atoms with Crippen LogP contribution in [0.5, 0.6) is 5.75 Å². The topological polar surface area (TPSA) is 77.3 Å². The summed E-state index contributed by atoms with van der Waals surface area (Å²) in [5.74, 6) is 2.38. The second-order valence-electron chi connectivity index (χ2n) is 7.50. The van der Waals surface area contributed by atoms with E-state index in [9.17, 15) is 14.0 Å². The van der Waals surface area contributed by atoms with Crippen molar-refractivity contribution in [3.8, 4) is 18.1 Å². The molecule has 2 aromatic carbocycles. The number of halogens is 1. The third kappa shape index (κ3) is 3.08. The molecule has 1 saturated carbocycles. The number of terminal acetylenes is 1. The van der Waals surface area contributed by atoms with E-state index in [0.717, 1.165) is 17.5 Å². The summed E-state index contributed by atoms with van der Waals surface area (Å²) in [6.45, 7) is 0.168. The number of nitrogens with zero attached hydrogens (tertiary/aromatic N) is 4. The second-order valence-corrected chi connectivity index (χ2v) is 7.50. The molecule has 150 valence electrons. The molecule has 0 radical (unpaired) electrons. The summed E-state index contributed by atoms with van der Waals surface area (Å²) >= 11 is 0. The maximum absolute atomic E-state index is 13.5. The fraction of sp³-hybridized carbons (Fsp3) is 0.273. The lowest BCUT2D eigenvalue weighted by atomic mass is 10.1. The van der Waals surface area contributed by atoms with Crippen molar-refractivity contribution < 1.29 is 13.9 Å². The number of ether oxygens (including phenoxy) is 1. The molecule has 1 aliphatic carbocycles. The fourth-order valence-electron chi connectivity index (χ4n) is 3.69. The van der Waals surface area contributed by atoms with Crippen molar-refractivity contribution >= 4 is 16.8 Å². The quantitative estimate of drug-likeness (QED) is 0.624. The number of hydrogen-bond acceptors (Lipinski definition) is 5. The number of rotatable bonds is 4. The van der Waals surface area contributed by atoms with Crippen LogP contribution in [0.3, 0.4) is 0 Å². The Hall–Kier alpha value is -3.73. The van der Waals surface area contributed by atoms with E-state index < -0.39 is 11.6 Å². The normalized spacial score (nSPS) is 16.7. The third-order valence-electron chi connectivity index (χ3n) is 5.43. The minimum Gasteiger partial charge on any atom is -0.472 e. The number of carbonyl (C=O) groups is 1. The molecule has 1 atom stereocenters. The maximum Gasteiger partial charge on any atom is 0.278 e. The van der Waals surface area contributed by atoms with E-state index in [2.05, 4.69) is 16.2 Å². The van der Waals surface area contributed by atoms with Gasteiger partial charge in [-0.2, -0.15) is 4.68 Å². The number of amides is 1. The number of hydrogen-bond donors (Lipinski definition) is 0. The number of benzene rings is 2. The van der Waals surface area contributed by atoms with Crippen molar-refractivity contribution in [1.29, 1.82) is 0 Å². The molecule has 1 fully saturated rings. The van der Waals surface area contributed by atoms with E-state index in [4.69, 9.17) is 11.2 Å². The maximum atomic E-state index is 13.5. The molecule has 7 nitrogen and oxygen atoms in total. The molecular formula is C22H17FN4O3. The Bertz CT molecular complexity index is 1280. The van der Waals surface area contributed by atoms with Gasteiger partial charge in [0.15, 0.2) is 6.73 Å². The molecule has 30 heavy (non-hydrogen) atoms. The first kappa shape index (κ1) is 18.3. The molecule has 5 rings (SSSR count). The Morgan fingerprint density at radius 3 is 2.83 bits per heavy atom. The lowest BCUT2D eigenvalue weighted by molar-refractivity contribution is 0.0499. The van der Waals surface area contributed by atoms with Crippen LogP contribution in [0.4, 0.5) is 4.39 Å². The average molecular weight is 404 g/mol. The van der Waals surface area contributed by atoms with Gasteiger partial charge >= 0.3 is 0 Å². The van der Waals surface area contributed by atoms with Gasteiger partial charge in [-0.3, -0.25) is 9.59 Å². The molecule has 0 bridgehead atoms. The summed E-state index contributed by atoms with van der Waals surface area (Å²) in [6.07, 6.45) is 7.81. The van der Waals surface area contributed by atoms with Crippen LogP contribution in [0.2, 0.25) is 0 Å². The molecule has 1 amide bonds. The second kappa shape index (κ2) is 6.95. The van der Waals surface area contributed by atoms with Crippen molar-refractivity contribution in [3.05, 3.63) is 63.7 Å². The van der Waals surface area contributed by atoms with Crippen LogP contribution < -0.4 is 10.3 Å². The zero-order chi connectivity index (χ0) is 20.8. The summed E-state index contributed by atoms with van der Waals surface area (Å²) in [7, 11) is 0. The smallest absolute Gasteiger partial charge is 0.278 e. The summed E-state index contributed by atoms with van der Waals surface area (Å²) in [4.78, 5) is 27.5. The fourth-order valence-corrected chi connectivity index (χ4v) is 3.69. The van der Waals surface area contributed by atoms with Crippen LogP contribution in [-0.4, -0.2) is 38.6 Å². The third-order valence-corrected chi connectivity index (χ3v) is 5.43. The molecule has 0 N–H and O–H groups in total. The monoisotopic (exact) mass is 404 g/mol. The van der Waals surface area contributed by atoms with Crippen molar-refractivity contribution in [2.24, 2.45) is 0 Å². The summed E-state index contributed by atoms with van der Waals surface area (Å²) in [5.41, 5.74) is 0.876. The van der Waals surface area contributed by atoms with Gasteiger partial charge in [0.25, 0.3) is 11.5 Å². The molecule has 0 spiro atoms. The van der Waals surface area contributed by atoms with Gasteiger partial charge in [0.05, 0.1) is 10.9 Å². The van der Waals surface area contributed by atoms with E-state index in [1.165, 1.54) is 24.3 Å². The van der Waals surface area contributed by atoms with Gasteiger partial charge in [0.1, 0.15) is 23.1 Å². The number of carbonyl (C=O) groups excluding carboxylic acids is 1. The van der Waals surface area contributed by atoms with Gasteiger partial charge in [-0.25, -0.2) is 4.39 Å². The standard InChI is InChI=1S/C22H17FN4O3/c1-2-15(9-13-4-3-5-14(23)8-13)27-22(29)17-11-20-18(10-19(17)24-25-27)21(28)26(12-30-20)16-6-7-16/h1,3-5,8,10-11,15-16H,6-7,9,12H2/t15-/m1/s1. The van der Waals surface area contributed by atoms with Crippen LogP contribution in [0, 0.1) is 18.2 Å². The molecule has 0 saturated heterocycles. The van der Waals surface area contributed by atoms with Gasteiger partial charge in [-0.05, 0) is 42.7 Å². The molecular weight excluding hydrogens is 387 g/mol. The number of aromatic nitrogens is 3. The van der Waals surface area contributed by atoms with E-state index in [1.807, 2.05) is 0 Å². The van der Waals surface area contributed by atoms with Crippen LogP contribution >= 0.6 is 0 Å². The Kier molecular flexibility index (Phi) is 4.24. The molecule has 0 unspecified atom stereocenters. The minimum atomic E-state index is -0.736. The highest BCUT2D eigenvalue weighted by Gasteiger charge is 2.37.